The molecule has 1 aliphatic rings. The summed E-state index contributed by atoms with van der Waals surface area (Å²) in [5.74, 6) is 0. The van der Waals surface area contributed by atoms with E-state index in [4.69, 9.17) is 0 Å². The Bertz CT molecular complexity index is 2500. The molecule has 0 N–H and O–H groups in total. The summed E-state index contributed by atoms with van der Waals surface area (Å²) < 4.78 is 0. The van der Waals surface area contributed by atoms with Gasteiger partial charge in [-0.2, -0.15) is 0 Å². The summed E-state index contributed by atoms with van der Waals surface area (Å²) in [6.45, 7) is 4.70. The van der Waals surface area contributed by atoms with Crippen LogP contribution < -0.4 is 4.90 Å². The van der Waals surface area contributed by atoms with E-state index in [-0.39, 0.29) is 5.41 Å². The lowest BCUT2D eigenvalue weighted by atomic mass is 9.82. The Kier molecular flexibility index (Phi) is 7.21. The van der Waals surface area contributed by atoms with Gasteiger partial charge in [0.05, 0.1) is 5.69 Å². The van der Waals surface area contributed by atoms with Crippen LogP contribution in [-0.2, 0) is 5.41 Å². The third-order valence-electron chi connectivity index (χ3n) is 10.5. The van der Waals surface area contributed by atoms with Crippen molar-refractivity contribution < 1.29 is 0 Å². The number of hydrogen-bond donors (Lipinski definition) is 0. The molecule has 1 heteroatoms. The maximum absolute atomic E-state index is 2.43. The van der Waals surface area contributed by atoms with Crippen LogP contribution in [0.1, 0.15) is 25.0 Å². The standard InChI is InChI=1S/C49H37N/c1-49(2)46-24-10-8-22-44(46)45-31-30-40(33-47(45)49)50(48-25-11-9-21-43(48)36-14-4-3-5-15-36)39-28-26-34(27-29-39)37-18-12-19-38(32-37)42-23-13-17-35-16-6-7-20-41(35)42/h3-33H,1-2H3. The molecular formula is C49H37N. The van der Waals surface area contributed by atoms with Gasteiger partial charge in [0.25, 0.3) is 0 Å². The third kappa shape index (κ3) is 5.02. The van der Waals surface area contributed by atoms with Crippen molar-refractivity contribution in [2.24, 2.45) is 0 Å². The van der Waals surface area contributed by atoms with Gasteiger partial charge in [0.15, 0.2) is 0 Å². The Hall–Kier alpha value is -6.18. The fourth-order valence-corrected chi connectivity index (χ4v) is 7.94. The quantitative estimate of drug-likeness (QED) is 0.175. The van der Waals surface area contributed by atoms with E-state index in [9.17, 15) is 0 Å². The van der Waals surface area contributed by atoms with Crippen molar-refractivity contribution in [2.45, 2.75) is 19.3 Å². The zero-order valence-electron chi connectivity index (χ0n) is 28.3. The van der Waals surface area contributed by atoms with E-state index in [2.05, 4.69) is 207 Å². The van der Waals surface area contributed by atoms with E-state index in [1.807, 2.05) is 0 Å². The van der Waals surface area contributed by atoms with E-state index in [0.717, 1.165) is 17.1 Å². The second kappa shape index (κ2) is 12.1. The van der Waals surface area contributed by atoms with Crippen molar-refractivity contribution in [1.29, 1.82) is 0 Å². The average molecular weight is 640 g/mol. The van der Waals surface area contributed by atoms with Gasteiger partial charge >= 0.3 is 0 Å². The Balaban J connectivity index is 1.16. The lowest BCUT2D eigenvalue weighted by molar-refractivity contribution is 0.660. The number of fused-ring (bicyclic) bond motifs is 4. The predicted octanol–water partition coefficient (Wildman–Crippen LogP) is 13.6. The van der Waals surface area contributed by atoms with Crippen LogP contribution in [0.25, 0.3) is 55.3 Å². The fraction of sp³-hybridized carbons (Fsp3) is 0.0612. The lowest BCUT2D eigenvalue weighted by Crippen LogP contribution is -2.16. The molecule has 0 heterocycles. The maximum atomic E-state index is 2.43. The zero-order chi connectivity index (χ0) is 33.7. The van der Waals surface area contributed by atoms with Crippen molar-refractivity contribution in [1.82, 2.24) is 0 Å². The largest absolute Gasteiger partial charge is 0.310 e. The fourth-order valence-electron chi connectivity index (χ4n) is 7.94. The molecule has 238 valence electrons. The highest BCUT2D eigenvalue weighted by Gasteiger charge is 2.35. The smallest absolute Gasteiger partial charge is 0.0540 e. The van der Waals surface area contributed by atoms with Crippen LogP contribution in [0.5, 0.6) is 0 Å². The molecule has 0 aliphatic heterocycles. The molecule has 50 heavy (non-hydrogen) atoms. The first-order valence-electron chi connectivity index (χ1n) is 17.4. The minimum Gasteiger partial charge on any atom is -0.310 e. The molecule has 9 rings (SSSR count). The van der Waals surface area contributed by atoms with Crippen LogP contribution in [0.15, 0.2) is 188 Å². The molecule has 0 aromatic heterocycles. The first-order chi connectivity index (χ1) is 24.6. The van der Waals surface area contributed by atoms with Gasteiger partial charge in [0.2, 0.25) is 0 Å². The van der Waals surface area contributed by atoms with Crippen LogP contribution in [-0.4, -0.2) is 0 Å². The molecule has 0 spiro atoms. The molecule has 0 fully saturated rings. The monoisotopic (exact) mass is 639 g/mol. The molecular weight excluding hydrogens is 603 g/mol. The molecule has 0 saturated heterocycles. The number of para-hydroxylation sites is 1. The lowest BCUT2D eigenvalue weighted by Gasteiger charge is -2.30. The maximum Gasteiger partial charge on any atom is 0.0540 e. The van der Waals surface area contributed by atoms with Crippen molar-refractivity contribution in [2.75, 3.05) is 4.90 Å². The normalized spacial score (nSPS) is 12.8. The molecule has 1 aliphatic carbocycles. The molecule has 0 bridgehead atoms. The highest BCUT2D eigenvalue weighted by molar-refractivity contribution is 5.97. The van der Waals surface area contributed by atoms with Crippen LogP contribution in [0.3, 0.4) is 0 Å². The van der Waals surface area contributed by atoms with E-state index in [1.54, 1.807) is 0 Å². The average Bonchev–Trinajstić information content (AvgIpc) is 3.41. The number of anilines is 3. The second-order valence-corrected chi connectivity index (χ2v) is 13.8. The summed E-state index contributed by atoms with van der Waals surface area (Å²) in [5.41, 5.74) is 16.0. The van der Waals surface area contributed by atoms with Crippen molar-refractivity contribution >= 4 is 27.8 Å². The molecule has 1 nitrogen and oxygen atoms in total. The van der Waals surface area contributed by atoms with E-state index in [0.29, 0.717) is 0 Å². The Morgan fingerprint density at radius 1 is 0.360 bits per heavy atom. The topological polar surface area (TPSA) is 3.24 Å². The molecule has 0 amide bonds. The number of rotatable bonds is 6. The molecule has 8 aromatic rings. The van der Waals surface area contributed by atoms with Gasteiger partial charge in [-0.25, -0.2) is 0 Å². The van der Waals surface area contributed by atoms with Crippen LogP contribution >= 0.6 is 0 Å². The van der Waals surface area contributed by atoms with Crippen LogP contribution in [0.2, 0.25) is 0 Å². The van der Waals surface area contributed by atoms with Crippen LogP contribution in [0, 0.1) is 0 Å². The van der Waals surface area contributed by atoms with Crippen molar-refractivity contribution in [3.05, 3.63) is 199 Å². The summed E-state index contributed by atoms with van der Waals surface area (Å²) in [5, 5.41) is 2.53. The predicted molar refractivity (Wildman–Crippen MR) is 213 cm³/mol. The minimum absolute atomic E-state index is 0.0918. The highest BCUT2D eigenvalue weighted by Crippen LogP contribution is 2.51. The summed E-state index contributed by atoms with van der Waals surface area (Å²) in [6.07, 6.45) is 0. The second-order valence-electron chi connectivity index (χ2n) is 13.8. The highest BCUT2D eigenvalue weighted by atomic mass is 15.1. The SMILES string of the molecule is CC1(C)c2ccccc2-c2ccc(N(c3ccc(-c4cccc(-c5cccc6ccccc56)c4)cc3)c3ccccc3-c3ccccc3)cc21. The first kappa shape index (κ1) is 29.9. The van der Waals surface area contributed by atoms with Gasteiger partial charge in [0.1, 0.15) is 0 Å². The number of nitrogens with zero attached hydrogens (tertiary/aromatic N) is 1. The molecule has 0 saturated carbocycles. The van der Waals surface area contributed by atoms with Gasteiger partial charge < -0.3 is 4.90 Å². The van der Waals surface area contributed by atoms with Gasteiger partial charge in [-0.15, -0.1) is 0 Å². The van der Waals surface area contributed by atoms with Gasteiger partial charge in [0, 0.05) is 22.4 Å². The summed E-state index contributed by atoms with van der Waals surface area (Å²) in [4.78, 5) is 2.43. The van der Waals surface area contributed by atoms with E-state index in [1.165, 1.54) is 66.4 Å². The zero-order valence-corrected chi connectivity index (χ0v) is 28.3. The van der Waals surface area contributed by atoms with E-state index >= 15 is 0 Å². The molecule has 8 aromatic carbocycles. The molecule has 0 radical (unpaired) electrons. The summed E-state index contributed by atoms with van der Waals surface area (Å²) >= 11 is 0. The Morgan fingerprint density at radius 3 is 1.82 bits per heavy atom. The Morgan fingerprint density at radius 2 is 0.960 bits per heavy atom. The van der Waals surface area contributed by atoms with Gasteiger partial charge in [-0.05, 0) is 97.2 Å². The number of hydrogen-bond acceptors (Lipinski definition) is 1. The number of benzene rings is 8. The molecule has 0 atom stereocenters. The third-order valence-corrected chi connectivity index (χ3v) is 10.5. The van der Waals surface area contributed by atoms with Crippen molar-refractivity contribution in [3.63, 3.8) is 0 Å². The molecule has 0 unspecified atom stereocenters. The van der Waals surface area contributed by atoms with E-state index < -0.39 is 0 Å². The van der Waals surface area contributed by atoms with Gasteiger partial charge in [-0.3, -0.25) is 0 Å². The first-order valence-corrected chi connectivity index (χ1v) is 17.4. The Labute approximate surface area is 294 Å². The summed E-state index contributed by atoms with van der Waals surface area (Å²) in [6, 6.07) is 68.6. The van der Waals surface area contributed by atoms with Crippen molar-refractivity contribution in [3.8, 4) is 44.5 Å². The minimum atomic E-state index is -0.0918. The van der Waals surface area contributed by atoms with Crippen LogP contribution in [0.4, 0.5) is 17.1 Å². The van der Waals surface area contributed by atoms with Gasteiger partial charge in [-0.1, -0.05) is 166 Å². The summed E-state index contributed by atoms with van der Waals surface area (Å²) in [7, 11) is 0.